The second-order valence-electron chi connectivity index (χ2n) is 6.13. The van der Waals surface area contributed by atoms with Crippen molar-refractivity contribution in [3.8, 4) is 0 Å². The molecule has 112 valence electrons. The first-order chi connectivity index (χ1) is 10.6. The van der Waals surface area contributed by atoms with Crippen molar-refractivity contribution >= 4 is 27.7 Å². The van der Waals surface area contributed by atoms with Crippen LogP contribution in [-0.2, 0) is 6.54 Å². The van der Waals surface area contributed by atoms with E-state index in [9.17, 15) is 9.18 Å². The molecule has 22 heavy (non-hydrogen) atoms. The number of hydrogen-bond acceptors (Lipinski definition) is 1. The van der Waals surface area contributed by atoms with E-state index in [1.807, 2.05) is 12.1 Å². The summed E-state index contributed by atoms with van der Waals surface area (Å²) in [5.74, 6) is -0.0669. The topological polar surface area (TPSA) is 48.0 Å². The molecule has 0 spiro atoms. The Morgan fingerprint density at radius 3 is 2.73 bits per heavy atom. The molecule has 0 unspecified atom stereocenters. The van der Waals surface area contributed by atoms with Crippen LogP contribution < -0.4 is 5.73 Å². The summed E-state index contributed by atoms with van der Waals surface area (Å²) in [5, 5.41) is 1.73. The van der Waals surface area contributed by atoms with Gasteiger partial charge in [0.25, 0.3) is 0 Å². The number of nitrogens with zero attached hydrogens (tertiary/aromatic N) is 1. The van der Waals surface area contributed by atoms with E-state index in [4.69, 9.17) is 5.73 Å². The summed E-state index contributed by atoms with van der Waals surface area (Å²) in [5.41, 5.74) is 7.83. The van der Waals surface area contributed by atoms with Gasteiger partial charge in [0, 0.05) is 28.4 Å². The Morgan fingerprint density at radius 2 is 2.05 bits per heavy atom. The quantitative estimate of drug-likeness (QED) is 0.784. The zero-order valence-corrected chi connectivity index (χ0v) is 12.2. The predicted octanol–water partition coefficient (Wildman–Crippen LogP) is 3.83. The van der Waals surface area contributed by atoms with Gasteiger partial charge in [0.15, 0.2) is 0 Å². The third-order valence-electron chi connectivity index (χ3n) is 4.78. The maximum atomic E-state index is 13.7. The van der Waals surface area contributed by atoms with Crippen LogP contribution in [0, 0.1) is 11.7 Å². The number of carbonyl (C=O) groups is 1. The molecular formula is C18H17FN2O. The first-order valence-corrected chi connectivity index (χ1v) is 7.65. The Hall–Kier alpha value is -2.36. The second kappa shape index (κ2) is 4.83. The molecule has 0 saturated heterocycles. The fourth-order valence-electron chi connectivity index (χ4n) is 3.45. The van der Waals surface area contributed by atoms with Crippen molar-refractivity contribution in [2.45, 2.75) is 25.8 Å². The van der Waals surface area contributed by atoms with Gasteiger partial charge in [0.05, 0.1) is 5.52 Å². The van der Waals surface area contributed by atoms with Gasteiger partial charge >= 0.3 is 0 Å². The smallest absolute Gasteiger partial charge is 0.249 e. The Balaban J connectivity index is 2.07. The average molecular weight is 296 g/mol. The lowest BCUT2D eigenvalue weighted by Gasteiger charge is -2.26. The van der Waals surface area contributed by atoms with Crippen molar-refractivity contribution in [3.05, 3.63) is 47.8 Å². The van der Waals surface area contributed by atoms with E-state index >= 15 is 0 Å². The zero-order chi connectivity index (χ0) is 15.3. The standard InChI is InChI=1S/C18H17FN2O/c19-12-7-8-13-16(9-12)21(10-11-3-1-4-11)15-6-2-5-14(17(13)15)18(20)22/h2,5-9,11H,1,3-4,10H2,(H2,20,22). The molecule has 0 bridgehead atoms. The van der Waals surface area contributed by atoms with E-state index in [1.165, 1.54) is 25.3 Å². The fraction of sp³-hybridized carbons (Fsp3) is 0.278. The molecule has 1 fully saturated rings. The number of hydrogen-bond donors (Lipinski definition) is 1. The number of primary amides is 1. The molecule has 1 aliphatic carbocycles. The molecule has 1 amide bonds. The number of carbonyl (C=O) groups excluding carboxylic acids is 1. The van der Waals surface area contributed by atoms with Gasteiger partial charge in [-0.25, -0.2) is 4.39 Å². The van der Waals surface area contributed by atoms with Gasteiger partial charge in [-0.2, -0.15) is 0 Å². The third kappa shape index (κ3) is 1.90. The molecule has 3 nitrogen and oxygen atoms in total. The lowest BCUT2D eigenvalue weighted by atomic mass is 9.85. The molecule has 1 aliphatic rings. The summed E-state index contributed by atoms with van der Waals surface area (Å²) in [4.78, 5) is 11.8. The van der Waals surface area contributed by atoms with Gasteiger partial charge < -0.3 is 10.3 Å². The first-order valence-electron chi connectivity index (χ1n) is 7.65. The molecule has 1 heterocycles. The van der Waals surface area contributed by atoms with E-state index in [0.29, 0.717) is 11.5 Å². The third-order valence-corrected chi connectivity index (χ3v) is 4.78. The van der Waals surface area contributed by atoms with Crippen molar-refractivity contribution < 1.29 is 9.18 Å². The number of aromatic nitrogens is 1. The predicted molar refractivity (Wildman–Crippen MR) is 85.3 cm³/mol. The van der Waals surface area contributed by atoms with E-state index in [1.54, 1.807) is 18.2 Å². The molecule has 2 N–H and O–H groups in total. The van der Waals surface area contributed by atoms with E-state index in [2.05, 4.69) is 4.57 Å². The van der Waals surface area contributed by atoms with Crippen LogP contribution in [0.25, 0.3) is 21.8 Å². The zero-order valence-electron chi connectivity index (χ0n) is 12.2. The summed E-state index contributed by atoms with van der Waals surface area (Å²) in [6.07, 6.45) is 3.70. The summed E-state index contributed by atoms with van der Waals surface area (Å²) in [7, 11) is 0. The van der Waals surface area contributed by atoms with E-state index < -0.39 is 5.91 Å². The minimum atomic E-state index is -0.447. The van der Waals surface area contributed by atoms with Crippen molar-refractivity contribution in [1.82, 2.24) is 4.57 Å². The monoisotopic (exact) mass is 296 g/mol. The SMILES string of the molecule is NC(=O)c1cccc2c1c1ccc(F)cc1n2CC1CCC1. The molecule has 0 aliphatic heterocycles. The van der Waals surface area contributed by atoms with Gasteiger partial charge in [-0.05, 0) is 49.1 Å². The molecule has 2 aromatic carbocycles. The first kappa shape index (κ1) is 13.3. The lowest BCUT2D eigenvalue weighted by molar-refractivity contribution is 0.100. The van der Waals surface area contributed by atoms with Crippen LogP contribution in [0.2, 0.25) is 0 Å². The van der Waals surface area contributed by atoms with Gasteiger partial charge in [-0.1, -0.05) is 12.5 Å². The van der Waals surface area contributed by atoms with Gasteiger partial charge in [-0.3, -0.25) is 4.79 Å². The minimum absolute atomic E-state index is 0.259. The summed E-state index contributed by atoms with van der Waals surface area (Å²) < 4.78 is 15.9. The minimum Gasteiger partial charge on any atom is -0.366 e. The molecule has 3 aromatic rings. The maximum Gasteiger partial charge on any atom is 0.249 e. The summed E-state index contributed by atoms with van der Waals surface area (Å²) in [6, 6.07) is 10.3. The highest BCUT2D eigenvalue weighted by Crippen LogP contribution is 2.35. The Morgan fingerprint density at radius 1 is 1.23 bits per heavy atom. The second-order valence-corrected chi connectivity index (χ2v) is 6.13. The molecule has 1 saturated carbocycles. The Labute approximate surface area is 127 Å². The highest BCUT2D eigenvalue weighted by Gasteiger charge is 2.22. The normalized spacial score (nSPS) is 15.3. The highest BCUT2D eigenvalue weighted by atomic mass is 19.1. The summed E-state index contributed by atoms with van der Waals surface area (Å²) >= 11 is 0. The van der Waals surface area contributed by atoms with Crippen LogP contribution in [0.3, 0.4) is 0 Å². The molecule has 0 radical (unpaired) electrons. The molecule has 4 rings (SSSR count). The van der Waals surface area contributed by atoms with Crippen LogP contribution >= 0.6 is 0 Å². The van der Waals surface area contributed by atoms with Crippen LogP contribution in [0.15, 0.2) is 36.4 Å². The van der Waals surface area contributed by atoms with Crippen LogP contribution in [0.5, 0.6) is 0 Å². The number of benzene rings is 2. The molecule has 0 atom stereocenters. The highest BCUT2D eigenvalue weighted by molar-refractivity contribution is 6.17. The van der Waals surface area contributed by atoms with Crippen LogP contribution in [0.1, 0.15) is 29.6 Å². The molecule has 4 heteroatoms. The van der Waals surface area contributed by atoms with Gasteiger partial charge in [0.2, 0.25) is 5.91 Å². The Kier molecular flexibility index (Phi) is 2.93. The van der Waals surface area contributed by atoms with Crippen molar-refractivity contribution in [2.24, 2.45) is 11.7 Å². The number of halogens is 1. The van der Waals surface area contributed by atoms with Crippen molar-refractivity contribution in [2.75, 3.05) is 0 Å². The van der Waals surface area contributed by atoms with Crippen LogP contribution in [0.4, 0.5) is 4.39 Å². The lowest BCUT2D eigenvalue weighted by Crippen LogP contribution is -2.18. The molecular weight excluding hydrogens is 279 g/mol. The average Bonchev–Trinajstić information content (AvgIpc) is 2.75. The van der Waals surface area contributed by atoms with E-state index in [-0.39, 0.29) is 5.82 Å². The van der Waals surface area contributed by atoms with Crippen LogP contribution in [-0.4, -0.2) is 10.5 Å². The van der Waals surface area contributed by atoms with E-state index in [0.717, 1.165) is 28.4 Å². The van der Waals surface area contributed by atoms with Crippen molar-refractivity contribution in [1.29, 1.82) is 0 Å². The van der Waals surface area contributed by atoms with Crippen molar-refractivity contribution in [3.63, 3.8) is 0 Å². The number of nitrogens with two attached hydrogens (primary N) is 1. The van der Waals surface area contributed by atoms with Gasteiger partial charge in [-0.15, -0.1) is 0 Å². The Bertz CT molecular complexity index is 893. The number of fused-ring (bicyclic) bond motifs is 3. The van der Waals surface area contributed by atoms with Gasteiger partial charge in [0.1, 0.15) is 5.82 Å². The fourth-order valence-corrected chi connectivity index (χ4v) is 3.45. The summed E-state index contributed by atoms with van der Waals surface area (Å²) in [6.45, 7) is 0.867. The number of rotatable bonds is 3. The number of amides is 1. The largest absolute Gasteiger partial charge is 0.366 e. The maximum absolute atomic E-state index is 13.7. The molecule has 1 aromatic heterocycles.